The predicted octanol–water partition coefficient (Wildman–Crippen LogP) is 4.35. The van der Waals surface area contributed by atoms with Crippen molar-refractivity contribution in [1.82, 2.24) is 15.1 Å². The second-order valence-corrected chi connectivity index (χ2v) is 9.88. The lowest BCUT2D eigenvalue weighted by molar-refractivity contribution is -0.147. The summed E-state index contributed by atoms with van der Waals surface area (Å²) in [6.45, 7) is 6.99. The Morgan fingerprint density at radius 2 is 1.85 bits per heavy atom. The molecule has 2 aromatic rings. The lowest BCUT2D eigenvalue weighted by atomic mass is 9.63. The molecule has 1 saturated carbocycles. The molecule has 1 aliphatic carbocycles. The molecule has 3 atom stereocenters. The first kappa shape index (κ1) is 23.3. The molecule has 8 heteroatoms. The molecule has 1 aromatic heterocycles. The molecule has 4 rings (SSSR count). The molecule has 1 unspecified atom stereocenters. The Morgan fingerprint density at radius 3 is 2.52 bits per heavy atom. The number of amides is 1. The summed E-state index contributed by atoms with van der Waals surface area (Å²) in [6.07, 6.45) is 3.61. The third kappa shape index (κ3) is 3.79. The average Bonchev–Trinajstić information content (AvgIpc) is 3.36. The van der Waals surface area contributed by atoms with E-state index in [9.17, 15) is 18.4 Å². The van der Waals surface area contributed by atoms with E-state index in [2.05, 4.69) is 24.0 Å². The number of ether oxygens (including phenoxy) is 1. The standard InChI is InChI=1S/C25H29F2N3O3/c1-24(2)17(16-12-20(29-28-13-16)21-18(26)6-5-7-19(21)27)8-10-25(24,3)23(32)30-11-9-15(14-30)22(31)33-4/h5-7,12-13,15,17H,8-11,14H2,1-4H3/t15?,17-,25-/m1/s1. The molecule has 2 heterocycles. The molecule has 176 valence electrons. The van der Waals surface area contributed by atoms with Gasteiger partial charge in [-0.3, -0.25) is 9.59 Å². The zero-order chi connectivity index (χ0) is 24.0. The quantitative estimate of drug-likeness (QED) is 0.638. The number of nitrogens with zero attached hydrogens (tertiary/aromatic N) is 3. The Bertz CT molecular complexity index is 1070. The fourth-order valence-electron chi connectivity index (χ4n) is 5.56. The molecular weight excluding hydrogens is 428 g/mol. The van der Waals surface area contributed by atoms with Crippen molar-refractivity contribution in [3.63, 3.8) is 0 Å². The minimum atomic E-state index is -0.693. The van der Waals surface area contributed by atoms with Gasteiger partial charge in [0.15, 0.2) is 0 Å². The lowest BCUT2D eigenvalue weighted by Crippen LogP contribution is -2.48. The van der Waals surface area contributed by atoms with Crippen LogP contribution in [0.25, 0.3) is 11.3 Å². The first-order chi connectivity index (χ1) is 15.6. The van der Waals surface area contributed by atoms with Gasteiger partial charge in [-0.05, 0) is 54.4 Å². The zero-order valence-corrected chi connectivity index (χ0v) is 19.4. The second kappa shape index (κ2) is 8.47. The summed E-state index contributed by atoms with van der Waals surface area (Å²) in [6, 6.07) is 5.38. The zero-order valence-electron chi connectivity index (χ0n) is 19.4. The van der Waals surface area contributed by atoms with Crippen LogP contribution in [0.4, 0.5) is 8.78 Å². The van der Waals surface area contributed by atoms with Crippen molar-refractivity contribution in [3.8, 4) is 11.3 Å². The molecule has 1 saturated heterocycles. The Morgan fingerprint density at radius 1 is 1.15 bits per heavy atom. The van der Waals surface area contributed by atoms with E-state index in [-0.39, 0.29) is 35.0 Å². The molecule has 2 fully saturated rings. The second-order valence-electron chi connectivity index (χ2n) is 9.88. The largest absolute Gasteiger partial charge is 0.469 e. The maximum Gasteiger partial charge on any atom is 0.310 e. The number of rotatable bonds is 4. The van der Waals surface area contributed by atoms with Gasteiger partial charge in [-0.1, -0.05) is 26.8 Å². The molecule has 1 aliphatic heterocycles. The minimum absolute atomic E-state index is 0.0313. The number of hydrogen-bond acceptors (Lipinski definition) is 5. The molecule has 0 N–H and O–H groups in total. The fraction of sp³-hybridized carbons (Fsp3) is 0.520. The van der Waals surface area contributed by atoms with Crippen molar-refractivity contribution >= 4 is 11.9 Å². The van der Waals surface area contributed by atoms with Crippen molar-refractivity contribution in [1.29, 1.82) is 0 Å². The SMILES string of the molecule is COC(=O)C1CCN(C(=O)[C@@]2(C)CC[C@H](c3cnnc(-c4c(F)cccc4F)c3)C2(C)C)C1. The third-order valence-corrected chi connectivity index (χ3v) is 8.01. The van der Waals surface area contributed by atoms with Crippen LogP contribution in [0, 0.1) is 28.4 Å². The monoisotopic (exact) mass is 457 g/mol. The van der Waals surface area contributed by atoms with E-state index >= 15 is 0 Å². The third-order valence-electron chi connectivity index (χ3n) is 8.01. The van der Waals surface area contributed by atoms with Gasteiger partial charge in [0.25, 0.3) is 0 Å². The maximum atomic E-state index is 14.3. The first-order valence-corrected chi connectivity index (χ1v) is 11.2. The van der Waals surface area contributed by atoms with Crippen molar-refractivity contribution in [2.45, 2.75) is 46.0 Å². The predicted molar refractivity (Wildman–Crippen MR) is 118 cm³/mol. The molecule has 0 spiro atoms. The molecular formula is C25H29F2N3O3. The van der Waals surface area contributed by atoms with Gasteiger partial charge in [0.2, 0.25) is 5.91 Å². The van der Waals surface area contributed by atoms with Crippen LogP contribution in [-0.4, -0.2) is 47.2 Å². The molecule has 6 nitrogen and oxygen atoms in total. The Balaban J connectivity index is 1.61. The van der Waals surface area contributed by atoms with E-state index < -0.39 is 22.5 Å². The highest BCUT2D eigenvalue weighted by atomic mass is 19.1. The smallest absolute Gasteiger partial charge is 0.310 e. The average molecular weight is 458 g/mol. The van der Waals surface area contributed by atoms with E-state index in [1.54, 1.807) is 17.2 Å². The summed E-state index contributed by atoms with van der Waals surface area (Å²) in [4.78, 5) is 27.3. The van der Waals surface area contributed by atoms with Crippen molar-refractivity contribution < 1.29 is 23.1 Å². The van der Waals surface area contributed by atoms with Gasteiger partial charge in [0.05, 0.1) is 35.9 Å². The summed E-state index contributed by atoms with van der Waals surface area (Å²) in [5.74, 6) is -1.97. The highest BCUT2D eigenvalue weighted by Gasteiger charge is 2.57. The number of hydrogen-bond donors (Lipinski definition) is 0. The van der Waals surface area contributed by atoms with E-state index in [1.807, 2.05) is 6.92 Å². The topological polar surface area (TPSA) is 72.4 Å². The van der Waals surface area contributed by atoms with Crippen LogP contribution in [0.3, 0.4) is 0 Å². The minimum Gasteiger partial charge on any atom is -0.469 e. The van der Waals surface area contributed by atoms with Crippen LogP contribution < -0.4 is 0 Å². The Hall–Kier alpha value is -2.90. The van der Waals surface area contributed by atoms with Crippen LogP contribution in [-0.2, 0) is 14.3 Å². The fourth-order valence-corrected chi connectivity index (χ4v) is 5.56. The molecule has 0 bridgehead atoms. The van der Waals surface area contributed by atoms with Crippen LogP contribution in [0.1, 0.15) is 51.5 Å². The highest BCUT2D eigenvalue weighted by Crippen LogP contribution is 2.60. The van der Waals surface area contributed by atoms with Gasteiger partial charge in [0.1, 0.15) is 11.6 Å². The Kier molecular flexibility index (Phi) is 5.97. The van der Waals surface area contributed by atoms with Crippen molar-refractivity contribution in [2.75, 3.05) is 20.2 Å². The van der Waals surface area contributed by atoms with E-state index in [4.69, 9.17) is 4.74 Å². The van der Waals surface area contributed by atoms with Gasteiger partial charge >= 0.3 is 5.97 Å². The summed E-state index contributed by atoms with van der Waals surface area (Å²) >= 11 is 0. The summed E-state index contributed by atoms with van der Waals surface area (Å²) in [5.41, 5.74) is -0.374. The number of halogens is 2. The van der Waals surface area contributed by atoms with Gasteiger partial charge in [0, 0.05) is 13.1 Å². The van der Waals surface area contributed by atoms with Crippen LogP contribution >= 0.6 is 0 Å². The molecule has 33 heavy (non-hydrogen) atoms. The summed E-state index contributed by atoms with van der Waals surface area (Å²) < 4.78 is 33.5. The number of likely N-dealkylation sites (tertiary alicyclic amines) is 1. The summed E-state index contributed by atoms with van der Waals surface area (Å²) in [5, 5.41) is 8.00. The summed E-state index contributed by atoms with van der Waals surface area (Å²) in [7, 11) is 1.36. The molecule has 2 aliphatic rings. The first-order valence-electron chi connectivity index (χ1n) is 11.2. The molecule has 1 aromatic carbocycles. The molecule has 1 amide bonds. The van der Waals surface area contributed by atoms with E-state index in [0.29, 0.717) is 25.9 Å². The number of methoxy groups -OCH3 is 1. The maximum absolute atomic E-state index is 14.3. The van der Waals surface area contributed by atoms with Crippen molar-refractivity contribution in [2.24, 2.45) is 16.7 Å². The van der Waals surface area contributed by atoms with E-state index in [1.165, 1.54) is 25.3 Å². The van der Waals surface area contributed by atoms with Gasteiger partial charge in [-0.25, -0.2) is 8.78 Å². The number of carbonyl (C=O) groups excluding carboxylic acids is 2. The number of carbonyl (C=O) groups is 2. The van der Waals surface area contributed by atoms with Crippen molar-refractivity contribution in [3.05, 3.63) is 47.7 Å². The van der Waals surface area contributed by atoms with Gasteiger partial charge in [-0.2, -0.15) is 10.2 Å². The number of aromatic nitrogens is 2. The highest BCUT2D eigenvalue weighted by molar-refractivity contribution is 5.85. The van der Waals surface area contributed by atoms with E-state index in [0.717, 1.165) is 12.0 Å². The van der Waals surface area contributed by atoms with Crippen LogP contribution in [0.15, 0.2) is 30.5 Å². The van der Waals surface area contributed by atoms with Gasteiger partial charge in [-0.15, -0.1) is 0 Å². The normalized spacial score (nSPS) is 26.4. The number of benzene rings is 1. The van der Waals surface area contributed by atoms with Crippen LogP contribution in [0.2, 0.25) is 0 Å². The number of esters is 1. The van der Waals surface area contributed by atoms with Crippen LogP contribution in [0.5, 0.6) is 0 Å². The lowest BCUT2D eigenvalue weighted by Gasteiger charge is -2.42. The van der Waals surface area contributed by atoms with Gasteiger partial charge < -0.3 is 9.64 Å². The Labute approximate surface area is 192 Å². The molecule has 0 radical (unpaired) electrons.